The number of carbonyl (C=O) groups excluding carboxylic acids is 1. The Kier molecular flexibility index (Phi) is 6.08. The molecule has 30 heavy (non-hydrogen) atoms. The molecule has 13 heteroatoms. The summed E-state index contributed by atoms with van der Waals surface area (Å²) in [6, 6.07) is 6.80. The van der Waals surface area contributed by atoms with Crippen LogP contribution < -0.4 is 19.5 Å². The number of methoxy groups -OCH3 is 2. The number of aromatic nitrogens is 4. The number of benzene rings is 1. The van der Waals surface area contributed by atoms with Gasteiger partial charge in [0, 0.05) is 18.8 Å². The first-order valence-corrected chi connectivity index (χ1v) is 10.2. The van der Waals surface area contributed by atoms with Gasteiger partial charge in [-0.3, -0.25) is 14.2 Å². The molecule has 158 valence electrons. The molecule has 0 atom stereocenters. The van der Waals surface area contributed by atoms with Gasteiger partial charge in [0.2, 0.25) is 5.88 Å². The summed E-state index contributed by atoms with van der Waals surface area (Å²) in [5.41, 5.74) is 0.559. The average molecular weight is 453 g/mol. The number of carbonyl (C=O) groups is 1. The molecule has 0 fully saturated rings. The first-order chi connectivity index (χ1) is 14.2. The number of nitrogens with zero attached hydrogens (tertiary/aromatic N) is 4. The Bertz CT molecular complexity index is 1140. The summed E-state index contributed by atoms with van der Waals surface area (Å²) in [7, 11) is 0.345. The van der Waals surface area contributed by atoms with Crippen LogP contribution in [0.2, 0.25) is 5.02 Å². The molecule has 0 aliphatic carbocycles. The van der Waals surface area contributed by atoms with E-state index in [1.54, 1.807) is 7.05 Å². The van der Waals surface area contributed by atoms with Crippen molar-refractivity contribution in [1.82, 2.24) is 19.7 Å². The summed E-state index contributed by atoms with van der Waals surface area (Å²) in [5, 5.41) is 6.73. The minimum Gasteiger partial charge on any atom is -0.481 e. The highest BCUT2D eigenvalue weighted by atomic mass is 35.5. The van der Waals surface area contributed by atoms with E-state index in [2.05, 4.69) is 25.1 Å². The molecule has 0 spiro atoms. The Morgan fingerprint density at radius 1 is 1.13 bits per heavy atom. The van der Waals surface area contributed by atoms with Crippen molar-refractivity contribution in [3.05, 3.63) is 47.2 Å². The molecule has 11 nitrogen and oxygen atoms in total. The zero-order chi connectivity index (χ0) is 21.9. The summed E-state index contributed by atoms with van der Waals surface area (Å²) >= 11 is 5.95. The van der Waals surface area contributed by atoms with E-state index in [9.17, 15) is 13.2 Å². The fraction of sp³-hybridized carbons (Fsp3) is 0.176. The van der Waals surface area contributed by atoms with Gasteiger partial charge in [0.1, 0.15) is 5.69 Å². The maximum absolute atomic E-state index is 12.6. The van der Waals surface area contributed by atoms with Crippen LogP contribution in [0, 0.1) is 0 Å². The lowest BCUT2D eigenvalue weighted by Gasteiger charge is -2.10. The second kappa shape index (κ2) is 8.55. The van der Waals surface area contributed by atoms with Gasteiger partial charge < -0.3 is 14.8 Å². The van der Waals surface area contributed by atoms with Crippen LogP contribution in [-0.2, 0) is 17.1 Å². The van der Waals surface area contributed by atoms with Crippen LogP contribution in [0.1, 0.15) is 10.5 Å². The largest absolute Gasteiger partial charge is 0.481 e. The number of aryl methyl sites for hydroxylation is 1. The van der Waals surface area contributed by atoms with E-state index >= 15 is 0 Å². The van der Waals surface area contributed by atoms with Gasteiger partial charge in [0.25, 0.3) is 15.9 Å². The monoisotopic (exact) mass is 452 g/mol. The molecule has 2 heterocycles. The molecule has 1 aromatic carbocycles. The molecule has 0 aliphatic heterocycles. The molecule has 0 saturated carbocycles. The lowest BCUT2D eigenvalue weighted by Crippen LogP contribution is -2.17. The summed E-state index contributed by atoms with van der Waals surface area (Å²) in [6.45, 7) is 0. The van der Waals surface area contributed by atoms with Gasteiger partial charge in [-0.05, 0) is 24.3 Å². The van der Waals surface area contributed by atoms with E-state index in [0.29, 0.717) is 5.69 Å². The number of ether oxygens (including phenoxy) is 2. The zero-order valence-electron chi connectivity index (χ0n) is 16.1. The molecular weight excluding hydrogens is 436 g/mol. The molecular formula is C17H17ClN6O5S. The maximum atomic E-state index is 12.6. The molecule has 1 amide bonds. The predicted octanol–water partition coefficient (Wildman–Crippen LogP) is 1.93. The standard InChI is InChI=1S/C17H17ClN6O5S/c1-24-15(12(18)9-19-24)16(25)20-10-4-6-11(7-5-10)30(26,27)23-13-8-14(28-2)22-17(21-13)29-3/h4-9H,1-3H3,(H,20,25)(H,21,22,23). The third kappa shape index (κ3) is 4.60. The van der Waals surface area contributed by atoms with Crippen LogP contribution >= 0.6 is 11.6 Å². The predicted molar refractivity (Wildman–Crippen MR) is 109 cm³/mol. The van der Waals surface area contributed by atoms with E-state index < -0.39 is 15.9 Å². The van der Waals surface area contributed by atoms with E-state index in [1.165, 1.54) is 55.4 Å². The first kappa shape index (κ1) is 21.3. The SMILES string of the molecule is COc1cc(NS(=O)(=O)c2ccc(NC(=O)c3c(Cl)cnn3C)cc2)nc(OC)n1. The number of hydrogen-bond acceptors (Lipinski definition) is 8. The van der Waals surface area contributed by atoms with E-state index in [1.807, 2.05) is 0 Å². The van der Waals surface area contributed by atoms with Crippen molar-refractivity contribution in [1.29, 1.82) is 0 Å². The van der Waals surface area contributed by atoms with Crippen LogP contribution in [0.4, 0.5) is 11.5 Å². The zero-order valence-corrected chi connectivity index (χ0v) is 17.7. The first-order valence-electron chi connectivity index (χ1n) is 8.32. The molecule has 0 aliphatic rings. The molecule has 0 bridgehead atoms. The van der Waals surface area contributed by atoms with Crippen LogP contribution in [0.5, 0.6) is 11.9 Å². The van der Waals surface area contributed by atoms with Crippen LogP contribution in [0.25, 0.3) is 0 Å². The average Bonchev–Trinajstić information content (AvgIpc) is 3.05. The fourth-order valence-corrected chi connectivity index (χ4v) is 3.67. The molecule has 3 aromatic rings. The van der Waals surface area contributed by atoms with Gasteiger partial charge in [-0.25, -0.2) is 8.42 Å². The second-order valence-corrected chi connectivity index (χ2v) is 7.92. The minimum absolute atomic E-state index is 0.0260. The Labute approximate surface area is 177 Å². The summed E-state index contributed by atoms with van der Waals surface area (Å²) < 4.78 is 38.9. The fourth-order valence-electron chi connectivity index (χ4n) is 2.42. The molecule has 2 aromatic heterocycles. The number of halogens is 1. The van der Waals surface area contributed by atoms with E-state index in [0.717, 1.165) is 0 Å². The van der Waals surface area contributed by atoms with Gasteiger partial charge in [-0.2, -0.15) is 15.1 Å². The van der Waals surface area contributed by atoms with Gasteiger partial charge in [-0.15, -0.1) is 0 Å². The Morgan fingerprint density at radius 2 is 1.83 bits per heavy atom. The van der Waals surface area contributed by atoms with Crippen molar-refractivity contribution < 1.29 is 22.7 Å². The number of anilines is 2. The number of rotatable bonds is 7. The van der Waals surface area contributed by atoms with Gasteiger partial charge in [0.15, 0.2) is 5.82 Å². The highest BCUT2D eigenvalue weighted by molar-refractivity contribution is 7.92. The lowest BCUT2D eigenvalue weighted by atomic mass is 10.3. The van der Waals surface area contributed by atoms with Gasteiger partial charge in [-0.1, -0.05) is 11.6 Å². The second-order valence-electron chi connectivity index (χ2n) is 5.83. The Morgan fingerprint density at radius 3 is 2.40 bits per heavy atom. The van der Waals surface area contributed by atoms with Crippen molar-refractivity contribution in [2.45, 2.75) is 4.90 Å². The topological polar surface area (TPSA) is 137 Å². The minimum atomic E-state index is -3.96. The van der Waals surface area contributed by atoms with Crippen LogP contribution in [-0.4, -0.2) is 48.3 Å². The van der Waals surface area contributed by atoms with Crippen LogP contribution in [0.3, 0.4) is 0 Å². The lowest BCUT2D eigenvalue weighted by molar-refractivity contribution is 0.101. The van der Waals surface area contributed by atoms with Crippen molar-refractivity contribution in [2.24, 2.45) is 7.05 Å². The Hall–Kier alpha value is -3.38. The quantitative estimate of drug-likeness (QED) is 0.554. The third-order valence-electron chi connectivity index (χ3n) is 3.84. The number of amides is 1. The molecule has 0 radical (unpaired) electrons. The number of sulfonamides is 1. The summed E-state index contributed by atoms with van der Waals surface area (Å²) in [6.07, 6.45) is 1.36. The van der Waals surface area contributed by atoms with Crippen molar-refractivity contribution in [2.75, 3.05) is 24.3 Å². The maximum Gasteiger partial charge on any atom is 0.321 e. The number of nitrogens with one attached hydrogen (secondary N) is 2. The highest BCUT2D eigenvalue weighted by Crippen LogP contribution is 2.22. The van der Waals surface area contributed by atoms with E-state index in [4.69, 9.17) is 21.1 Å². The van der Waals surface area contributed by atoms with Gasteiger partial charge in [0.05, 0.1) is 30.3 Å². The molecule has 2 N–H and O–H groups in total. The highest BCUT2D eigenvalue weighted by Gasteiger charge is 2.19. The molecule has 0 saturated heterocycles. The van der Waals surface area contributed by atoms with Crippen molar-refractivity contribution >= 4 is 39.0 Å². The number of hydrogen-bond donors (Lipinski definition) is 2. The van der Waals surface area contributed by atoms with E-state index in [-0.39, 0.29) is 33.3 Å². The van der Waals surface area contributed by atoms with Gasteiger partial charge >= 0.3 is 6.01 Å². The van der Waals surface area contributed by atoms with Crippen molar-refractivity contribution in [3.63, 3.8) is 0 Å². The smallest absolute Gasteiger partial charge is 0.321 e. The summed E-state index contributed by atoms with van der Waals surface area (Å²) in [4.78, 5) is 20.1. The molecule has 0 unspecified atom stereocenters. The third-order valence-corrected chi connectivity index (χ3v) is 5.49. The van der Waals surface area contributed by atoms with Crippen molar-refractivity contribution in [3.8, 4) is 11.9 Å². The summed E-state index contributed by atoms with van der Waals surface area (Å²) in [5.74, 6) is -0.373. The van der Waals surface area contributed by atoms with Crippen LogP contribution in [0.15, 0.2) is 41.4 Å². The normalized spacial score (nSPS) is 11.1. The molecule has 3 rings (SSSR count). The Balaban J connectivity index is 1.77.